The van der Waals surface area contributed by atoms with Gasteiger partial charge in [0, 0.05) is 0 Å². The second-order valence-corrected chi connectivity index (χ2v) is 5.39. The van der Waals surface area contributed by atoms with Crippen molar-refractivity contribution in [1.29, 1.82) is 0 Å². The predicted molar refractivity (Wildman–Crippen MR) is 37.6 cm³/mol. The molecule has 0 aromatic heterocycles. The topological polar surface area (TPSA) is 89.3 Å². The van der Waals surface area contributed by atoms with E-state index in [-0.39, 0.29) is 0 Å². The van der Waals surface area contributed by atoms with E-state index in [1.54, 1.807) is 0 Å². The monoisotopic (exact) mass is 325 g/mol. The molecule has 0 aliphatic heterocycles. The van der Waals surface area contributed by atoms with Crippen LogP contribution in [0.3, 0.4) is 0 Å². The molecule has 0 saturated heterocycles. The fourth-order valence-corrected chi connectivity index (χ4v) is 2.24. The summed E-state index contributed by atoms with van der Waals surface area (Å²) in [4.78, 5) is 10.3. The summed E-state index contributed by atoms with van der Waals surface area (Å²) in [6, 6.07) is -0.705. The third-order valence-electron chi connectivity index (χ3n) is 1.37. The fourth-order valence-electron chi connectivity index (χ4n) is 0.726. The molecule has 1 unspecified atom stereocenters. The molecule has 0 aliphatic rings. The third kappa shape index (κ3) is 5.52. The summed E-state index contributed by atoms with van der Waals surface area (Å²) in [6.45, 7) is 0.626. The molecule has 4 nitrogen and oxygen atoms in total. The Morgan fingerprint density at radius 2 is 2.18 bits per heavy atom. The van der Waals surface area contributed by atoms with E-state index in [9.17, 15) is 4.79 Å². The van der Waals surface area contributed by atoms with Gasteiger partial charge in [-0.25, -0.2) is 0 Å². The molecule has 5 heteroatoms. The summed E-state index contributed by atoms with van der Waals surface area (Å²) < 4.78 is 0.436. The van der Waals surface area contributed by atoms with Gasteiger partial charge in [-0.2, -0.15) is 0 Å². The maximum atomic E-state index is 10.3. The van der Waals surface area contributed by atoms with Crippen molar-refractivity contribution in [2.45, 2.75) is 22.6 Å². The van der Waals surface area contributed by atoms with Gasteiger partial charge in [0.2, 0.25) is 0 Å². The molecule has 0 heterocycles. The van der Waals surface area contributed by atoms with Crippen LogP contribution in [-0.2, 0) is 29.2 Å². The minimum absolute atomic E-state index is 0.436. The Morgan fingerprint density at radius 1 is 1.64 bits per heavy atom. The van der Waals surface area contributed by atoms with E-state index in [1.165, 1.54) is 0 Å². The zero-order valence-electron chi connectivity index (χ0n) is 6.29. The van der Waals surface area contributed by atoms with Gasteiger partial charge >= 0.3 is 80.8 Å². The number of carboxylic acids is 1. The number of carboxylic acid groups (broad SMARTS) is 1. The van der Waals surface area contributed by atoms with Crippen molar-refractivity contribution in [3.63, 3.8) is 0 Å². The number of hydrogen-bond acceptors (Lipinski definition) is 3. The van der Waals surface area contributed by atoms with Crippen LogP contribution in [0.4, 0.5) is 0 Å². The van der Waals surface area contributed by atoms with Gasteiger partial charge in [0.25, 0.3) is 0 Å². The van der Waals surface area contributed by atoms with E-state index in [4.69, 9.17) is 16.6 Å². The Labute approximate surface area is 80.9 Å². The molecule has 0 radical (unpaired) electrons. The van der Waals surface area contributed by atoms with Gasteiger partial charge in [-0.3, -0.25) is 0 Å². The van der Waals surface area contributed by atoms with E-state index in [1.807, 2.05) is 0 Å². The first-order valence-electron chi connectivity index (χ1n) is 3.47. The number of carbonyl (C=O) groups is 1. The van der Waals surface area contributed by atoms with Crippen molar-refractivity contribution >= 4 is 5.97 Å². The Balaban J connectivity index is 3.56. The summed E-state index contributed by atoms with van der Waals surface area (Å²) in [7, 11) is 0. The molecular weight excluding hydrogens is 311 g/mol. The van der Waals surface area contributed by atoms with Crippen molar-refractivity contribution in [3.8, 4) is 0 Å². The van der Waals surface area contributed by atoms with Crippen molar-refractivity contribution in [2.24, 2.45) is 11.5 Å². The molecule has 0 aliphatic carbocycles. The van der Waals surface area contributed by atoms with Crippen molar-refractivity contribution in [3.05, 3.63) is 0 Å². The Kier molecular flexibility index (Phi) is 5.99. The molecule has 0 saturated carbocycles. The molecule has 0 rings (SSSR count). The number of hydrogen-bond donors (Lipinski definition) is 3. The van der Waals surface area contributed by atoms with Crippen LogP contribution in [0.15, 0.2) is 0 Å². The first-order valence-corrected chi connectivity index (χ1v) is 5.55. The number of aliphatic carboxylic acids is 1. The SMILES string of the molecule is NCC[CH]([Hf])C[C@H](N)C(=O)O. The second kappa shape index (κ2) is 5.85. The van der Waals surface area contributed by atoms with Crippen LogP contribution in [0.25, 0.3) is 0 Å². The molecular formula is C6H13HfN2O2. The minimum atomic E-state index is -0.914. The molecule has 2 atom stereocenters. The van der Waals surface area contributed by atoms with Crippen molar-refractivity contribution < 1.29 is 34.3 Å². The molecule has 0 aromatic carbocycles. The van der Waals surface area contributed by atoms with Crippen LogP contribution in [0.1, 0.15) is 12.8 Å². The summed E-state index contributed by atoms with van der Waals surface area (Å²) in [5.41, 5.74) is 10.6. The zero-order chi connectivity index (χ0) is 8.85. The van der Waals surface area contributed by atoms with Gasteiger partial charge in [0.15, 0.2) is 0 Å². The molecule has 5 N–H and O–H groups in total. The number of nitrogens with two attached hydrogens (primary N) is 2. The van der Waals surface area contributed by atoms with E-state index >= 15 is 0 Å². The average Bonchev–Trinajstić information content (AvgIpc) is 1.87. The van der Waals surface area contributed by atoms with Gasteiger partial charge in [-0.1, -0.05) is 0 Å². The maximum absolute atomic E-state index is 10.3. The quantitative estimate of drug-likeness (QED) is 0.594. The average molecular weight is 324 g/mol. The van der Waals surface area contributed by atoms with E-state index in [0.717, 1.165) is 30.8 Å². The first-order chi connectivity index (χ1) is 5.07. The summed E-state index contributed by atoms with van der Waals surface area (Å²) in [5.74, 6) is -0.914. The van der Waals surface area contributed by atoms with Crippen LogP contribution in [0.5, 0.6) is 0 Å². The van der Waals surface area contributed by atoms with Crippen LogP contribution in [-0.4, -0.2) is 23.7 Å². The van der Waals surface area contributed by atoms with Gasteiger partial charge in [-0.05, 0) is 0 Å². The van der Waals surface area contributed by atoms with Gasteiger partial charge in [-0.15, -0.1) is 0 Å². The zero-order valence-corrected chi connectivity index (χ0v) is 9.88. The molecule has 11 heavy (non-hydrogen) atoms. The van der Waals surface area contributed by atoms with Crippen molar-refractivity contribution in [2.75, 3.05) is 6.54 Å². The molecule has 0 aromatic rings. The molecule has 0 bridgehead atoms. The summed E-state index contributed by atoms with van der Waals surface area (Å²) in [6.07, 6.45) is 1.46. The van der Waals surface area contributed by atoms with E-state index < -0.39 is 12.0 Å². The van der Waals surface area contributed by atoms with Crippen LogP contribution < -0.4 is 11.5 Å². The third-order valence-corrected chi connectivity index (χ3v) is 3.25. The standard InChI is InChI=1S/C6H13N2O2.Hf/c7-4-2-1-3-5(8)6(9)10;/h1,5H,2-4,7-8H2,(H,9,10);/t5-;/m0./s1. The van der Waals surface area contributed by atoms with E-state index in [0.29, 0.717) is 16.6 Å². The van der Waals surface area contributed by atoms with Crippen LogP contribution in [0.2, 0.25) is 3.67 Å². The fraction of sp³-hybridized carbons (Fsp3) is 0.833. The summed E-state index contributed by atoms with van der Waals surface area (Å²) >= 11 is 0.969. The molecule has 0 spiro atoms. The van der Waals surface area contributed by atoms with Crippen LogP contribution in [0, 0.1) is 0 Å². The Hall–Kier alpha value is 0.260. The first kappa shape index (κ1) is 11.3. The molecule has 63 valence electrons. The van der Waals surface area contributed by atoms with Crippen LogP contribution >= 0.6 is 0 Å². The molecule has 0 amide bonds. The second-order valence-electron chi connectivity index (χ2n) is 2.45. The van der Waals surface area contributed by atoms with Gasteiger partial charge < -0.3 is 0 Å². The van der Waals surface area contributed by atoms with Gasteiger partial charge in [0.1, 0.15) is 0 Å². The van der Waals surface area contributed by atoms with E-state index in [2.05, 4.69) is 0 Å². The number of rotatable bonds is 5. The summed E-state index contributed by atoms with van der Waals surface area (Å²) in [5, 5.41) is 8.46. The molecule has 0 fully saturated rings. The Morgan fingerprint density at radius 3 is 2.55 bits per heavy atom. The van der Waals surface area contributed by atoms with Gasteiger partial charge in [0.05, 0.1) is 0 Å². The van der Waals surface area contributed by atoms with Crippen molar-refractivity contribution in [1.82, 2.24) is 0 Å². The Bertz CT molecular complexity index is 132. The predicted octanol–water partition coefficient (Wildman–Crippen LogP) is -0.527. The normalized spacial score (nSPS) is 15.7.